The summed E-state index contributed by atoms with van der Waals surface area (Å²) in [6, 6.07) is 14.4. The van der Waals surface area contributed by atoms with E-state index in [1.54, 1.807) is 0 Å². The molecule has 3 rings (SSSR count). The van der Waals surface area contributed by atoms with Crippen LogP contribution in [0.4, 0.5) is 11.4 Å². The molecule has 2 N–H and O–H groups in total. The quantitative estimate of drug-likeness (QED) is 0.856. The smallest absolute Gasteiger partial charge is 0.122 e. The number of hydrogen-bond donors (Lipinski definition) is 1. The number of nitrogens with two attached hydrogens (primary N) is 1. The highest BCUT2D eigenvalue weighted by atomic mass is 16.5. The summed E-state index contributed by atoms with van der Waals surface area (Å²) in [5, 5.41) is 0. The number of anilines is 2. The molecule has 0 atom stereocenters. The fraction of sp³-hybridized carbons (Fsp3) is 0.250. The van der Waals surface area contributed by atoms with E-state index in [0.717, 1.165) is 31.0 Å². The third-order valence-corrected chi connectivity index (χ3v) is 3.51. The molecule has 0 amide bonds. The molecule has 0 bridgehead atoms. The molecule has 2 aromatic carbocycles. The van der Waals surface area contributed by atoms with Gasteiger partial charge in [0.15, 0.2) is 0 Å². The number of rotatable bonds is 3. The summed E-state index contributed by atoms with van der Waals surface area (Å²) in [6.07, 6.45) is 1.01. The van der Waals surface area contributed by atoms with Crippen molar-refractivity contribution in [3.05, 3.63) is 53.6 Å². The maximum atomic E-state index is 5.70. The zero-order valence-corrected chi connectivity index (χ0v) is 11.1. The van der Waals surface area contributed by atoms with Gasteiger partial charge in [-0.3, -0.25) is 0 Å². The molecule has 0 spiro atoms. The lowest BCUT2D eigenvalue weighted by molar-refractivity contribution is 0.357. The highest BCUT2D eigenvalue weighted by Crippen LogP contribution is 2.29. The van der Waals surface area contributed by atoms with E-state index >= 15 is 0 Å². The molecule has 0 unspecified atom stereocenters. The molecule has 0 saturated heterocycles. The first kappa shape index (κ1) is 11.9. The summed E-state index contributed by atoms with van der Waals surface area (Å²) < 4.78 is 5.53. The Morgan fingerprint density at radius 2 is 1.95 bits per heavy atom. The monoisotopic (exact) mass is 254 g/mol. The first-order valence-electron chi connectivity index (χ1n) is 6.54. The van der Waals surface area contributed by atoms with Gasteiger partial charge in [0, 0.05) is 31.4 Å². The largest absolute Gasteiger partial charge is 0.493 e. The van der Waals surface area contributed by atoms with Crippen molar-refractivity contribution in [2.75, 3.05) is 24.3 Å². The topological polar surface area (TPSA) is 38.5 Å². The fourth-order valence-electron chi connectivity index (χ4n) is 2.40. The molecule has 3 heteroatoms. The normalized spacial score (nSPS) is 12.9. The third kappa shape index (κ3) is 2.50. The molecule has 3 nitrogen and oxygen atoms in total. The molecule has 0 aromatic heterocycles. The van der Waals surface area contributed by atoms with Crippen LogP contribution in [0.25, 0.3) is 0 Å². The average Bonchev–Trinajstić information content (AvgIpc) is 2.88. The highest BCUT2D eigenvalue weighted by molar-refractivity contribution is 5.54. The Bertz CT molecular complexity index is 578. The van der Waals surface area contributed by atoms with Crippen LogP contribution >= 0.6 is 0 Å². The molecular formula is C16H18N2O. The number of benzene rings is 2. The van der Waals surface area contributed by atoms with E-state index in [2.05, 4.69) is 42.3 Å². The molecule has 0 fully saturated rings. The molecule has 0 aliphatic carbocycles. The maximum absolute atomic E-state index is 5.70. The van der Waals surface area contributed by atoms with Gasteiger partial charge in [-0.05, 0) is 41.5 Å². The van der Waals surface area contributed by atoms with Crippen molar-refractivity contribution in [2.45, 2.75) is 13.0 Å². The van der Waals surface area contributed by atoms with Crippen LogP contribution in [0.3, 0.4) is 0 Å². The summed E-state index contributed by atoms with van der Waals surface area (Å²) in [7, 11) is 2.11. The minimum absolute atomic E-state index is 0.806. The molecular weight excluding hydrogens is 236 g/mol. The van der Waals surface area contributed by atoms with Gasteiger partial charge < -0.3 is 15.4 Å². The minimum atomic E-state index is 0.806. The first-order valence-corrected chi connectivity index (χ1v) is 6.54. The second-order valence-corrected chi connectivity index (χ2v) is 4.99. The Balaban J connectivity index is 1.76. The predicted molar refractivity (Wildman–Crippen MR) is 78.6 cm³/mol. The summed E-state index contributed by atoms with van der Waals surface area (Å²) in [6.45, 7) is 1.68. The zero-order valence-electron chi connectivity index (χ0n) is 11.1. The van der Waals surface area contributed by atoms with E-state index < -0.39 is 0 Å². The number of nitrogens with zero attached hydrogens (tertiary/aromatic N) is 1. The van der Waals surface area contributed by atoms with Crippen LogP contribution in [0.1, 0.15) is 11.1 Å². The molecule has 98 valence electrons. The van der Waals surface area contributed by atoms with Gasteiger partial charge in [-0.2, -0.15) is 0 Å². The predicted octanol–water partition coefficient (Wildman–Crippen LogP) is 2.84. The van der Waals surface area contributed by atoms with Gasteiger partial charge in [0.25, 0.3) is 0 Å². The zero-order chi connectivity index (χ0) is 13.2. The van der Waals surface area contributed by atoms with Crippen molar-refractivity contribution < 1.29 is 4.74 Å². The molecule has 1 aliphatic rings. The standard InChI is InChI=1S/C16H18N2O/c1-18(11-12-2-4-14(17)5-3-12)15-6-7-16-13(10-15)8-9-19-16/h2-7,10H,8-9,11,17H2,1H3. The van der Waals surface area contributed by atoms with Gasteiger partial charge >= 0.3 is 0 Å². The van der Waals surface area contributed by atoms with Crippen molar-refractivity contribution in [1.82, 2.24) is 0 Å². The summed E-state index contributed by atoms with van der Waals surface area (Å²) in [5.74, 6) is 1.03. The summed E-state index contributed by atoms with van der Waals surface area (Å²) in [5.41, 5.74) is 10.3. The summed E-state index contributed by atoms with van der Waals surface area (Å²) >= 11 is 0. The van der Waals surface area contributed by atoms with Crippen LogP contribution in [-0.2, 0) is 13.0 Å². The molecule has 1 heterocycles. The Morgan fingerprint density at radius 3 is 2.74 bits per heavy atom. The van der Waals surface area contributed by atoms with Crippen LogP contribution in [0.5, 0.6) is 5.75 Å². The van der Waals surface area contributed by atoms with Gasteiger partial charge in [-0.25, -0.2) is 0 Å². The highest BCUT2D eigenvalue weighted by Gasteiger charge is 2.13. The van der Waals surface area contributed by atoms with E-state index in [9.17, 15) is 0 Å². The lowest BCUT2D eigenvalue weighted by Gasteiger charge is -2.20. The third-order valence-electron chi connectivity index (χ3n) is 3.51. The number of fused-ring (bicyclic) bond motifs is 1. The van der Waals surface area contributed by atoms with E-state index in [4.69, 9.17) is 10.5 Å². The Hall–Kier alpha value is -2.16. The van der Waals surface area contributed by atoms with Gasteiger partial charge in [0.2, 0.25) is 0 Å². The lowest BCUT2D eigenvalue weighted by atomic mass is 10.1. The second-order valence-electron chi connectivity index (χ2n) is 4.99. The molecule has 0 saturated carbocycles. The first-order chi connectivity index (χ1) is 9.22. The van der Waals surface area contributed by atoms with Crippen LogP contribution in [0.2, 0.25) is 0 Å². The van der Waals surface area contributed by atoms with E-state index in [1.807, 2.05) is 12.1 Å². The fourth-order valence-corrected chi connectivity index (χ4v) is 2.40. The van der Waals surface area contributed by atoms with Crippen molar-refractivity contribution in [2.24, 2.45) is 0 Å². The number of ether oxygens (including phenoxy) is 1. The Kier molecular flexibility index (Phi) is 3.03. The van der Waals surface area contributed by atoms with Crippen molar-refractivity contribution in [1.29, 1.82) is 0 Å². The van der Waals surface area contributed by atoms with Crippen LogP contribution in [0, 0.1) is 0 Å². The molecule has 19 heavy (non-hydrogen) atoms. The maximum Gasteiger partial charge on any atom is 0.122 e. The number of hydrogen-bond acceptors (Lipinski definition) is 3. The SMILES string of the molecule is CN(Cc1ccc(N)cc1)c1ccc2c(c1)CCO2. The lowest BCUT2D eigenvalue weighted by Crippen LogP contribution is -2.16. The number of nitrogen functional groups attached to an aromatic ring is 1. The molecule has 0 radical (unpaired) electrons. The Morgan fingerprint density at radius 1 is 1.16 bits per heavy atom. The average molecular weight is 254 g/mol. The van der Waals surface area contributed by atoms with E-state index in [0.29, 0.717) is 0 Å². The molecule has 1 aliphatic heterocycles. The van der Waals surface area contributed by atoms with Gasteiger partial charge in [-0.15, -0.1) is 0 Å². The van der Waals surface area contributed by atoms with E-state index in [1.165, 1.54) is 16.8 Å². The van der Waals surface area contributed by atoms with Gasteiger partial charge in [-0.1, -0.05) is 12.1 Å². The van der Waals surface area contributed by atoms with Crippen LogP contribution < -0.4 is 15.4 Å². The van der Waals surface area contributed by atoms with E-state index in [-0.39, 0.29) is 0 Å². The van der Waals surface area contributed by atoms with Gasteiger partial charge in [0.05, 0.1) is 6.61 Å². The van der Waals surface area contributed by atoms with Gasteiger partial charge in [0.1, 0.15) is 5.75 Å². The van der Waals surface area contributed by atoms with Crippen molar-refractivity contribution in [3.8, 4) is 5.75 Å². The van der Waals surface area contributed by atoms with Crippen LogP contribution in [-0.4, -0.2) is 13.7 Å². The second kappa shape index (κ2) is 4.84. The van der Waals surface area contributed by atoms with Crippen molar-refractivity contribution >= 4 is 11.4 Å². The Labute approximate surface area is 113 Å². The minimum Gasteiger partial charge on any atom is -0.493 e. The molecule has 2 aromatic rings. The van der Waals surface area contributed by atoms with Crippen molar-refractivity contribution in [3.63, 3.8) is 0 Å². The summed E-state index contributed by atoms with van der Waals surface area (Å²) in [4.78, 5) is 2.24. The van der Waals surface area contributed by atoms with Crippen LogP contribution in [0.15, 0.2) is 42.5 Å².